The van der Waals surface area contributed by atoms with Gasteiger partial charge in [-0.25, -0.2) is 4.79 Å². The van der Waals surface area contributed by atoms with Gasteiger partial charge in [0.1, 0.15) is 6.10 Å². The molecule has 2 rings (SSSR count). The summed E-state index contributed by atoms with van der Waals surface area (Å²) in [5.41, 5.74) is -2.10. The number of aliphatic hydroxyl groups is 2. The van der Waals surface area contributed by atoms with Gasteiger partial charge < -0.3 is 19.7 Å². The number of carbonyl (C=O) groups is 3. The molecule has 1 saturated carbocycles. The van der Waals surface area contributed by atoms with E-state index in [0.29, 0.717) is 0 Å². The van der Waals surface area contributed by atoms with Gasteiger partial charge in [-0.15, -0.1) is 0 Å². The van der Waals surface area contributed by atoms with Crippen molar-refractivity contribution in [2.45, 2.75) is 58.0 Å². The largest absolute Gasteiger partial charge is 0.455 e. The molecule has 0 spiro atoms. The Kier molecular flexibility index (Phi) is 5.73. The van der Waals surface area contributed by atoms with Crippen molar-refractivity contribution in [2.24, 2.45) is 17.8 Å². The van der Waals surface area contributed by atoms with E-state index in [0.717, 1.165) is 6.08 Å². The van der Waals surface area contributed by atoms with Crippen molar-refractivity contribution in [2.75, 3.05) is 0 Å². The highest BCUT2D eigenvalue weighted by Crippen LogP contribution is 2.45. The molecule has 1 saturated heterocycles. The molecule has 6 atom stereocenters. The van der Waals surface area contributed by atoms with Crippen molar-refractivity contribution in [3.8, 4) is 0 Å². The zero-order chi connectivity index (χ0) is 19.8. The molecule has 7 nitrogen and oxygen atoms in total. The fourth-order valence-corrected chi connectivity index (χ4v) is 3.51. The number of rotatable bonds is 4. The smallest absolute Gasteiger partial charge is 0.334 e. The van der Waals surface area contributed by atoms with Crippen LogP contribution in [0.2, 0.25) is 0 Å². The first-order valence-electron chi connectivity index (χ1n) is 8.73. The molecule has 0 aromatic rings. The molecule has 2 fully saturated rings. The molecule has 0 bridgehead atoms. The van der Waals surface area contributed by atoms with Crippen LogP contribution in [0.4, 0.5) is 0 Å². The first-order chi connectivity index (χ1) is 12.0. The second-order valence-electron chi connectivity index (χ2n) is 7.30. The predicted molar refractivity (Wildman–Crippen MR) is 91.8 cm³/mol. The third-order valence-corrected chi connectivity index (χ3v) is 5.28. The van der Waals surface area contributed by atoms with Crippen LogP contribution >= 0.6 is 0 Å². The molecule has 6 unspecified atom stereocenters. The first-order valence-corrected chi connectivity index (χ1v) is 8.73. The standard InChI is InChI=1S/C19H26O7/c1-6-7-14(21)19(24)11(5)13(20)8-12-10(4)18(23)25-15(12)16(19)26-17(22)9(2)3/h6-7,9,11-13,15-16,20,24H,4,8H2,1-3,5H3. The van der Waals surface area contributed by atoms with Gasteiger partial charge in [-0.2, -0.15) is 0 Å². The van der Waals surface area contributed by atoms with Crippen molar-refractivity contribution in [3.63, 3.8) is 0 Å². The number of esters is 2. The number of carbonyl (C=O) groups excluding carboxylic acids is 3. The van der Waals surface area contributed by atoms with Crippen molar-refractivity contribution >= 4 is 17.7 Å². The third kappa shape index (κ3) is 3.21. The highest BCUT2D eigenvalue weighted by atomic mass is 16.6. The number of allylic oxidation sites excluding steroid dienone is 1. The van der Waals surface area contributed by atoms with Crippen LogP contribution in [0.5, 0.6) is 0 Å². The summed E-state index contributed by atoms with van der Waals surface area (Å²) in [6.45, 7) is 10.0. The van der Waals surface area contributed by atoms with E-state index in [9.17, 15) is 24.6 Å². The topological polar surface area (TPSA) is 110 Å². The lowest BCUT2D eigenvalue weighted by Crippen LogP contribution is -2.61. The van der Waals surface area contributed by atoms with Crippen LogP contribution in [0.15, 0.2) is 24.3 Å². The summed E-state index contributed by atoms with van der Waals surface area (Å²) in [5.74, 6) is -4.17. The molecule has 1 heterocycles. The van der Waals surface area contributed by atoms with E-state index >= 15 is 0 Å². The van der Waals surface area contributed by atoms with E-state index in [4.69, 9.17) is 9.47 Å². The van der Waals surface area contributed by atoms with Crippen LogP contribution in [0.3, 0.4) is 0 Å². The molecule has 1 aliphatic carbocycles. The average Bonchev–Trinajstić information content (AvgIpc) is 2.82. The van der Waals surface area contributed by atoms with Gasteiger partial charge in [0.25, 0.3) is 0 Å². The number of hydrogen-bond donors (Lipinski definition) is 2. The van der Waals surface area contributed by atoms with Crippen LogP contribution < -0.4 is 0 Å². The minimum Gasteiger partial charge on any atom is -0.455 e. The maximum Gasteiger partial charge on any atom is 0.334 e. The Morgan fingerprint density at radius 3 is 2.58 bits per heavy atom. The molecular formula is C19H26O7. The number of aliphatic hydroxyl groups excluding tert-OH is 1. The van der Waals surface area contributed by atoms with E-state index in [-0.39, 0.29) is 12.0 Å². The Hall–Kier alpha value is -1.99. The van der Waals surface area contributed by atoms with Crippen molar-refractivity contribution in [3.05, 3.63) is 24.3 Å². The zero-order valence-electron chi connectivity index (χ0n) is 15.5. The van der Waals surface area contributed by atoms with E-state index < -0.39 is 59.4 Å². The molecular weight excluding hydrogens is 340 g/mol. The average molecular weight is 366 g/mol. The van der Waals surface area contributed by atoms with Crippen LogP contribution in [0, 0.1) is 17.8 Å². The van der Waals surface area contributed by atoms with Crippen LogP contribution in [0.25, 0.3) is 0 Å². The molecule has 7 heteroatoms. The Bertz CT molecular complexity index is 650. The van der Waals surface area contributed by atoms with Crippen LogP contribution in [-0.4, -0.2) is 51.8 Å². The first kappa shape index (κ1) is 20.3. The third-order valence-electron chi connectivity index (χ3n) is 5.28. The number of fused-ring (bicyclic) bond motifs is 1. The SMILES string of the molecule is C=C1C(=O)OC2C1CC(O)C(C)C(O)(C(=O)C=CC)C2OC(=O)C(C)C. The molecule has 1 aliphatic heterocycles. The molecule has 2 N–H and O–H groups in total. The lowest BCUT2D eigenvalue weighted by atomic mass is 9.77. The Morgan fingerprint density at radius 2 is 2.04 bits per heavy atom. The molecule has 0 radical (unpaired) electrons. The van der Waals surface area contributed by atoms with Crippen molar-refractivity contribution < 1.29 is 34.1 Å². The number of ether oxygens (including phenoxy) is 2. The summed E-state index contributed by atoms with van der Waals surface area (Å²) in [7, 11) is 0. The fraction of sp³-hybridized carbons (Fsp3) is 0.632. The van der Waals surface area contributed by atoms with Gasteiger partial charge in [0.2, 0.25) is 0 Å². The van der Waals surface area contributed by atoms with Crippen LogP contribution in [0.1, 0.15) is 34.1 Å². The highest BCUT2D eigenvalue weighted by molar-refractivity contribution is 5.98. The minimum absolute atomic E-state index is 0.0670. The van der Waals surface area contributed by atoms with Crippen LogP contribution in [-0.2, 0) is 23.9 Å². The summed E-state index contributed by atoms with van der Waals surface area (Å²) >= 11 is 0. The van der Waals surface area contributed by atoms with Gasteiger partial charge in [0.15, 0.2) is 17.5 Å². The van der Waals surface area contributed by atoms with Gasteiger partial charge in [-0.3, -0.25) is 9.59 Å². The normalized spacial score (nSPS) is 37.4. The monoisotopic (exact) mass is 366 g/mol. The maximum atomic E-state index is 12.7. The Labute approximate surface area is 152 Å². The summed E-state index contributed by atoms with van der Waals surface area (Å²) in [6.07, 6.45) is -0.973. The Morgan fingerprint density at radius 1 is 1.42 bits per heavy atom. The molecule has 0 aromatic heterocycles. The van der Waals surface area contributed by atoms with Gasteiger partial charge in [0, 0.05) is 17.4 Å². The van der Waals surface area contributed by atoms with E-state index in [1.807, 2.05) is 0 Å². The van der Waals surface area contributed by atoms with E-state index in [2.05, 4.69) is 6.58 Å². The predicted octanol–water partition coefficient (Wildman–Crippen LogP) is 0.929. The molecule has 2 aliphatic rings. The lowest BCUT2D eigenvalue weighted by molar-refractivity contribution is -0.199. The highest BCUT2D eigenvalue weighted by Gasteiger charge is 2.62. The van der Waals surface area contributed by atoms with E-state index in [1.54, 1.807) is 20.8 Å². The number of ketones is 1. The maximum absolute atomic E-state index is 12.7. The van der Waals surface area contributed by atoms with Crippen molar-refractivity contribution in [1.29, 1.82) is 0 Å². The quantitative estimate of drug-likeness (QED) is 0.562. The molecule has 26 heavy (non-hydrogen) atoms. The summed E-state index contributed by atoms with van der Waals surface area (Å²) in [6, 6.07) is 0. The Balaban J connectivity index is 2.60. The summed E-state index contributed by atoms with van der Waals surface area (Å²) < 4.78 is 10.8. The van der Waals surface area contributed by atoms with Crippen molar-refractivity contribution in [1.82, 2.24) is 0 Å². The zero-order valence-corrected chi connectivity index (χ0v) is 15.5. The summed E-state index contributed by atoms with van der Waals surface area (Å²) in [4.78, 5) is 37.0. The lowest BCUT2D eigenvalue weighted by Gasteiger charge is -2.39. The number of hydrogen-bond acceptors (Lipinski definition) is 7. The van der Waals surface area contributed by atoms with Gasteiger partial charge >= 0.3 is 11.9 Å². The molecule has 0 aromatic carbocycles. The summed E-state index contributed by atoms with van der Waals surface area (Å²) in [5, 5.41) is 21.9. The van der Waals surface area contributed by atoms with E-state index in [1.165, 1.54) is 13.0 Å². The molecule has 144 valence electrons. The minimum atomic E-state index is -2.24. The van der Waals surface area contributed by atoms with Gasteiger partial charge in [-0.1, -0.05) is 33.4 Å². The fourth-order valence-electron chi connectivity index (χ4n) is 3.51. The van der Waals surface area contributed by atoms with Gasteiger partial charge in [-0.05, 0) is 19.4 Å². The van der Waals surface area contributed by atoms with Gasteiger partial charge in [0.05, 0.1) is 12.0 Å². The molecule has 0 amide bonds. The second-order valence-corrected chi connectivity index (χ2v) is 7.30. The second kappa shape index (κ2) is 7.32.